The van der Waals surface area contributed by atoms with E-state index >= 15 is 0 Å². The van der Waals surface area contributed by atoms with Crippen molar-refractivity contribution >= 4 is 16.6 Å². The first-order valence-electron chi connectivity index (χ1n) is 8.00. The zero-order valence-electron chi connectivity index (χ0n) is 14.0. The van der Waals surface area contributed by atoms with Crippen LogP contribution in [0.5, 0.6) is 5.75 Å². The van der Waals surface area contributed by atoms with Crippen LogP contribution in [-0.2, 0) is 6.54 Å². The molecular weight excluding hydrogens is 316 g/mol. The van der Waals surface area contributed by atoms with Crippen LogP contribution in [-0.4, -0.2) is 21.7 Å². The molecule has 2 aromatic carbocycles. The highest BCUT2D eigenvalue weighted by Gasteiger charge is 2.14. The van der Waals surface area contributed by atoms with Gasteiger partial charge in [-0.3, -0.25) is 0 Å². The van der Waals surface area contributed by atoms with E-state index in [0.717, 1.165) is 38.9 Å². The molecule has 126 valence electrons. The van der Waals surface area contributed by atoms with Gasteiger partial charge in [-0.2, -0.15) is 5.10 Å². The van der Waals surface area contributed by atoms with Crippen molar-refractivity contribution < 1.29 is 4.74 Å². The molecule has 0 radical (unpaired) electrons. The molecule has 0 aliphatic carbocycles. The quantitative estimate of drug-likeness (QED) is 0.603. The fraction of sp³-hybridized carbons (Fsp3) is 0.158. The maximum Gasteiger partial charge on any atom is 0.348 e. The number of nitrogens with one attached hydrogen (secondary N) is 1. The molecule has 0 aliphatic heterocycles. The fourth-order valence-corrected chi connectivity index (χ4v) is 3.19. The molecule has 0 aliphatic rings. The number of nitrogens with zero attached hydrogens (tertiary/aromatic N) is 2. The first kappa shape index (κ1) is 15.4. The summed E-state index contributed by atoms with van der Waals surface area (Å²) in [5, 5.41) is 7.54. The van der Waals surface area contributed by atoms with Crippen molar-refractivity contribution in [3.63, 3.8) is 0 Å². The van der Waals surface area contributed by atoms with Crippen LogP contribution in [0.25, 0.3) is 27.7 Å². The van der Waals surface area contributed by atoms with Crippen LogP contribution in [0.3, 0.4) is 0 Å². The Morgan fingerprint density at radius 2 is 1.96 bits per heavy atom. The van der Waals surface area contributed by atoms with Crippen LogP contribution in [0.2, 0.25) is 0 Å². The van der Waals surface area contributed by atoms with Gasteiger partial charge in [0.15, 0.2) is 5.65 Å². The monoisotopic (exact) mass is 334 g/mol. The van der Waals surface area contributed by atoms with E-state index in [1.54, 1.807) is 11.5 Å². The number of aryl methyl sites for hydroxylation is 1. The molecule has 6 nitrogen and oxygen atoms in total. The van der Waals surface area contributed by atoms with Crippen LogP contribution in [0.4, 0.5) is 0 Å². The Bertz CT molecular complexity index is 1140. The van der Waals surface area contributed by atoms with Gasteiger partial charge in [-0.25, -0.2) is 14.3 Å². The minimum atomic E-state index is -0.255. The van der Waals surface area contributed by atoms with Crippen molar-refractivity contribution in [2.45, 2.75) is 13.5 Å². The zero-order valence-corrected chi connectivity index (χ0v) is 14.0. The molecule has 0 bridgehead atoms. The summed E-state index contributed by atoms with van der Waals surface area (Å²) >= 11 is 0. The number of H-pyrrole nitrogens is 1. The predicted octanol–water partition coefficient (Wildman–Crippen LogP) is 2.62. The number of hydrogen-bond acceptors (Lipinski definition) is 4. The number of benzene rings is 2. The molecule has 0 saturated carbocycles. The van der Waals surface area contributed by atoms with Crippen molar-refractivity contribution in [1.82, 2.24) is 14.6 Å². The molecule has 2 heterocycles. The van der Waals surface area contributed by atoms with Gasteiger partial charge in [-0.05, 0) is 41.8 Å². The molecule has 25 heavy (non-hydrogen) atoms. The van der Waals surface area contributed by atoms with Gasteiger partial charge in [0, 0.05) is 17.5 Å². The highest BCUT2D eigenvalue weighted by atomic mass is 16.5. The molecular formula is C19H18N4O2. The van der Waals surface area contributed by atoms with Crippen molar-refractivity contribution in [3.8, 4) is 16.9 Å². The summed E-state index contributed by atoms with van der Waals surface area (Å²) in [5.41, 5.74) is 10.8. The average Bonchev–Trinajstić information content (AvgIpc) is 3.01. The van der Waals surface area contributed by atoms with E-state index in [4.69, 9.17) is 10.5 Å². The van der Waals surface area contributed by atoms with E-state index in [0.29, 0.717) is 12.2 Å². The summed E-state index contributed by atoms with van der Waals surface area (Å²) in [6.45, 7) is 2.50. The van der Waals surface area contributed by atoms with E-state index in [-0.39, 0.29) is 5.69 Å². The highest BCUT2D eigenvalue weighted by molar-refractivity contribution is 5.92. The molecule has 0 saturated heterocycles. The summed E-state index contributed by atoms with van der Waals surface area (Å²) in [6, 6.07) is 13.8. The van der Waals surface area contributed by atoms with E-state index < -0.39 is 0 Å². The summed E-state index contributed by atoms with van der Waals surface area (Å²) in [6.07, 6.45) is 0. The Kier molecular flexibility index (Phi) is 3.54. The summed E-state index contributed by atoms with van der Waals surface area (Å²) < 4.78 is 7.19. The van der Waals surface area contributed by atoms with Crippen molar-refractivity contribution in [1.29, 1.82) is 0 Å². The minimum absolute atomic E-state index is 0.255. The highest BCUT2D eigenvalue weighted by Crippen LogP contribution is 2.35. The van der Waals surface area contributed by atoms with Crippen molar-refractivity contribution in [3.05, 3.63) is 64.1 Å². The number of methoxy groups -OCH3 is 1. The zero-order chi connectivity index (χ0) is 17.6. The Morgan fingerprint density at radius 3 is 2.64 bits per heavy atom. The summed E-state index contributed by atoms with van der Waals surface area (Å²) in [5.74, 6) is 0.756. The largest absolute Gasteiger partial charge is 0.496 e. The van der Waals surface area contributed by atoms with Gasteiger partial charge in [0.05, 0.1) is 12.6 Å². The molecule has 0 atom stereocenters. The van der Waals surface area contributed by atoms with Crippen LogP contribution in [0, 0.1) is 6.92 Å². The lowest BCUT2D eigenvalue weighted by molar-refractivity contribution is 0.417. The van der Waals surface area contributed by atoms with Gasteiger partial charge in [0.2, 0.25) is 0 Å². The van der Waals surface area contributed by atoms with E-state index in [1.165, 1.54) is 0 Å². The van der Waals surface area contributed by atoms with Crippen molar-refractivity contribution in [2.24, 2.45) is 5.73 Å². The molecule has 4 aromatic rings. The fourth-order valence-electron chi connectivity index (χ4n) is 3.19. The third-order valence-corrected chi connectivity index (χ3v) is 4.53. The molecule has 0 amide bonds. The first-order chi connectivity index (χ1) is 12.1. The lowest BCUT2D eigenvalue weighted by Crippen LogP contribution is -2.10. The molecule has 3 N–H and O–H groups in total. The van der Waals surface area contributed by atoms with E-state index in [9.17, 15) is 4.79 Å². The minimum Gasteiger partial charge on any atom is -0.496 e. The second-order valence-corrected chi connectivity index (χ2v) is 6.02. The summed E-state index contributed by atoms with van der Waals surface area (Å²) in [4.78, 5) is 12.2. The normalized spacial score (nSPS) is 11.3. The number of hydrogen-bond donors (Lipinski definition) is 2. The molecule has 0 spiro atoms. The van der Waals surface area contributed by atoms with Gasteiger partial charge in [-0.1, -0.05) is 24.3 Å². The number of ether oxygens (including phenoxy) is 1. The lowest BCUT2D eigenvalue weighted by Gasteiger charge is -2.13. The Morgan fingerprint density at radius 1 is 1.20 bits per heavy atom. The van der Waals surface area contributed by atoms with E-state index in [1.807, 2.05) is 49.4 Å². The van der Waals surface area contributed by atoms with Gasteiger partial charge < -0.3 is 10.5 Å². The van der Waals surface area contributed by atoms with Gasteiger partial charge >= 0.3 is 5.69 Å². The SMILES string of the molecule is COc1cc2c(C)cc3n[nH]c(=O)n3c2cc1-c1ccc(CN)cc1. The smallest absolute Gasteiger partial charge is 0.348 e. The Labute approximate surface area is 143 Å². The molecule has 6 heteroatoms. The molecule has 4 rings (SSSR count). The van der Waals surface area contributed by atoms with Gasteiger partial charge in [-0.15, -0.1) is 0 Å². The average molecular weight is 334 g/mol. The first-order valence-corrected chi connectivity index (χ1v) is 8.00. The van der Waals surface area contributed by atoms with Crippen LogP contribution in [0.1, 0.15) is 11.1 Å². The number of rotatable bonds is 3. The summed E-state index contributed by atoms with van der Waals surface area (Å²) in [7, 11) is 1.65. The van der Waals surface area contributed by atoms with Crippen LogP contribution >= 0.6 is 0 Å². The van der Waals surface area contributed by atoms with Gasteiger partial charge in [0.1, 0.15) is 5.75 Å². The standard InChI is InChI=1S/C19H18N4O2/c1-11-7-18-21-22-19(24)23(18)16-8-15(17(25-2)9-14(11)16)13-5-3-12(10-20)4-6-13/h3-9H,10,20H2,1-2H3,(H,22,24). The third-order valence-electron chi connectivity index (χ3n) is 4.53. The number of pyridine rings is 1. The Hall–Kier alpha value is -3.12. The molecule has 0 unspecified atom stereocenters. The molecule has 2 aromatic heterocycles. The second kappa shape index (κ2) is 5.75. The van der Waals surface area contributed by atoms with Crippen molar-refractivity contribution in [2.75, 3.05) is 7.11 Å². The lowest BCUT2D eigenvalue weighted by atomic mass is 9.99. The Balaban J connectivity index is 2.07. The maximum absolute atomic E-state index is 12.2. The van der Waals surface area contributed by atoms with Crippen LogP contribution < -0.4 is 16.2 Å². The predicted molar refractivity (Wildman–Crippen MR) is 97.9 cm³/mol. The van der Waals surface area contributed by atoms with Crippen LogP contribution in [0.15, 0.2) is 47.3 Å². The number of aromatic amines is 1. The number of aromatic nitrogens is 3. The number of nitrogens with two attached hydrogens (primary N) is 1. The second-order valence-electron chi connectivity index (χ2n) is 6.02. The van der Waals surface area contributed by atoms with Gasteiger partial charge in [0.25, 0.3) is 0 Å². The van der Waals surface area contributed by atoms with E-state index in [2.05, 4.69) is 10.2 Å². The maximum atomic E-state index is 12.2. The third kappa shape index (κ3) is 2.38. The number of fused-ring (bicyclic) bond motifs is 3. The molecule has 0 fully saturated rings. The topological polar surface area (TPSA) is 85.4 Å².